The lowest BCUT2D eigenvalue weighted by atomic mass is 10.0. The van der Waals surface area contributed by atoms with Gasteiger partial charge in [-0.05, 0) is 42.7 Å². The molecule has 6 rings (SSSR count). The Hall–Kier alpha value is -3.74. The van der Waals surface area contributed by atoms with Crippen LogP contribution in [0.5, 0.6) is 5.75 Å². The zero-order valence-electron chi connectivity index (χ0n) is 17.5. The Morgan fingerprint density at radius 3 is 2.47 bits per heavy atom. The number of nitrogens with zero attached hydrogens (tertiary/aromatic N) is 1. The molecule has 2 aromatic carbocycles. The van der Waals surface area contributed by atoms with Gasteiger partial charge in [-0.1, -0.05) is 37.8 Å². The monoisotopic (exact) mass is 429 g/mol. The van der Waals surface area contributed by atoms with Crippen molar-refractivity contribution in [3.05, 3.63) is 63.0 Å². The first-order chi connectivity index (χ1) is 15.6. The maximum absolute atomic E-state index is 13.3. The molecule has 0 saturated heterocycles. The van der Waals surface area contributed by atoms with E-state index in [0.29, 0.717) is 22.1 Å². The SMILES string of the molecule is O=c1ccc2c(c1)oc1c(-c3ccc(O)cc3)c3c(=O)[nH]n(C4CCCCCC4)c3[nH]c12. The zero-order chi connectivity index (χ0) is 21.8. The Labute approximate surface area is 182 Å². The quantitative estimate of drug-likeness (QED) is 0.336. The minimum atomic E-state index is -0.185. The topological polar surface area (TPSA) is 104 Å². The van der Waals surface area contributed by atoms with E-state index in [1.54, 1.807) is 30.3 Å². The van der Waals surface area contributed by atoms with Crippen LogP contribution in [-0.4, -0.2) is 19.9 Å². The van der Waals surface area contributed by atoms with Crippen molar-refractivity contribution in [1.82, 2.24) is 14.8 Å². The highest BCUT2D eigenvalue weighted by molar-refractivity contribution is 6.14. The van der Waals surface area contributed by atoms with Crippen molar-refractivity contribution in [3.63, 3.8) is 0 Å². The van der Waals surface area contributed by atoms with Gasteiger partial charge >= 0.3 is 0 Å². The van der Waals surface area contributed by atoms with Crippen LogP contribution in [0.3, 0.4) is 0 Å². The van der Waals surface area contributed by atoms with Gasteiger partial charge in [-0.3, -0.25) is 19.4 Å². The average molecular weight is 429 g/mol. The third-order valence-corrected chi connectivity index (χ3v) is 6.65. The number of nitrogens with one attached hydrogen (secondary N) is 2. The second kappa shape index (κ2) is 7.15. The molecule has 0 radical (unpaired) electrons. The number of pyridine rings is 1. The van der Waals surface area contributed by atoms with Crippen molar-refractivity contribution in [2.75, 3.05) is 0 Å². The molecule has 0 aliphatic heterocycles. The molecule has 3 aromatic heterocycles. The van der Waals surface area contributed by atoms with Gasteiger partial charge in [-0.25, -0.2) is 0 Å². The van der Waals surface area contributed by atoms with E-state index in [1.165, 1.54) is 25.0 Å². The van der Waals surface area contributed by atoms with E-state index in [1.807, 2.05) is 4.68 Å². The lowest BCUT2D eigenvalue weighted by Gasteiger charge is -2.17. The maximum Gasteiger partial charge on any atom is 0.274 e. The highest BCUT2D eigenvalue weighted by Crippen LogP contribution is 2.39. The number of hydrogen-bond donors (Lipinski definition) is 3. The Kier molecular flexibility index (Phi) is 4.24. The van der Waals surface area contributed by atoms with Gasteiger partial charge in [0, 0.05) is 17.0 Å². The summed E-state index contributed by atoms with van der Waals surface area (Å²) in [7, 11) is 0. The fourth-order valence-corrected chi connectivity index (χ4v) is 5.11. The fourth-order valence-electron chi connectivity index (χ4n) is 5.11. The first-order valence-electron chi connectivity index (χ1n) is 11.1. The molecule has 7 heteroatoms. The van der Waals surface area contributed by atoms with Crippen LogP contribution in [-0.2, 0) is 0 Å². The summed E-state index contributed by atoms with van der Waals surface area (Å²) < 4.78 is 8.12. The number of phenols is 1. The van der Waals surface area contributed by atoms with Crippen LogP contribution in [0.15, 0.2) is 56.5 Å². The number of aromatic amines is 2. The van der Waals surface area contributed by atoms with Crippen LogP contribution in [0.1, 0.15) is 44.6 Å². The summed E-state index contributed by atoms with van der Waals surface area (Å²) in [5, 5.41) is 14.2. The Morgan fingerprint density at radius 1 is 0.969 bits per heavy atom. The Balaban J connectivity index is 1.74. The van der Waals surface area contributed by atoms with E-state index < -0.39 is 0 Å². The minimum Gasteiger partial charge on any atom is -0.508 e. The molecule has 3 heterocycles. The molecule has 0 unspecified atom stereocenters. The lowest BCUT2D eigenvalue weighted by Crippen LogP contribution is -2.13. The summed E-state index contributed by atoms with van der Waals surface area (Å²) in [5.74, 6) is 0.147. The summed E-state index contributed by atoms with van der Waals surface area (Å²) in [6.45, 7) is 0. The third-order valence-electron chi connectivity index (χ3n) is 6.65. The number of phenolic OH excluding ortho intramolecular Hbond substituents is 1. The Bertz CT molecular complexity index is 1580. The summed E-state index contributed by atoms with van der Waals surface area (Å²) in [6, 6.07) is 11.7. The van der Waals surface area contributed by atoms with Crippen molar-refractivity contribution >= 4 is 33.1 Å². The average Bonchev–Trinajstić information content (AvgIpc) is 3.16. The number of hydrogen-bond acceptors (Lipinski definition) is 4. The van der Waals surface area contributed by atoms with Gasteiger partial charge in [0.25, 0.3) is 5.56 Å². The third kappa shape index (κ3) is 2.88. The van der Waals surface area contributed by atoms with Crippen molar-refractivity contribution in [2.45, 2.75) is 44.6 Å². The van der Waals surface area contributed by atoms with Crippen LogP contribution in [0.2, 0.25) is 0 Å². The summed E-state index contributed by atoms with van der Waals surface area (Å²) in [6.07, 6.45) is 6.76. The van der Waals surface area contributed by atoms with Crippen molar-refractivity contribution in [2.24, 2.45) is 0 Å². The van der Waals surface area contributed by atoms with E-state index in [9.17, 15) is 14.7 Å². The van der Waals surface area contributed by atoms with Crippen molar-refractivity contribution in [3.8, 4) is 16.9 Å². The molecule has 0 bridgehead atoms. The van der Waals surface area contributed by atoms with E-state index in [-0.39, 0.29) is 22.8 Å². The summed E-state index contributed by atoms with van der Waals surface area (Å²) >= 11 is 0. The van der Waals surface area contributed by atoms with Crippen LogP contribution in [0.25, 0.3) is 44.2 Å². The van der Waals surface area contributed by atoms with Gasteiger partial charge < -0.3 is 14.5 Å². The molecule has 32 heavy (non-hydrogen) atoms. The molecule has 7 nitrogen and oxygen atoms in total. The van der Waals surface area contributed by atoms with Crippen molar-refractivity contribution < 1.29 is 9.52 Å². The van der Waals surface area contributed by atoms with Gasteiger partial charge in [0.05, 0.1) is 16.9 Å². The number of aromatic nitrogens is 3. The van der Waals surface area contributed by atoms with Gasteiger partial charge in [-0.15, -0.1) is 0 Å². The number of fused-ring (bicyclic) bond motifs is 4. The fraction of sp³-hybridized carbons (Fsp3) is 0.280. The molecule has 1 fully saturated rings. The number of furan rings is 1. The molecular formula is C25H23N3O4. The van der Waals surface area contributed by atoms with E-state index >= 15 is 0 Å². The van der Waals surface area contributed by atoms with Crippen molar-refractivity contribution in [1.29, 1.82) is 0 Å². The molecule has 0 amide bonds. The molecule has 162 valence electrons. The van der Waals surface area contributed by atoms with Gasteiger partial charge in [0.1, 0.15) is 17.0 Å². The first-order valence-corrected chi connectivity index (χ1v) is 11.1. The standard InChI is InChI=1S/C25H23N3O4/c29-16-9-7-14(8-10-16)20-21-24(28(27-25(21)31)15-5-3-1-2-4-6-15)26-22-18-12-11-17(30)13-19(18)32-23(20)22/h7-13,15,26,29H,1-6H2,(H,27,31). The molecule has 1 aliphatic carbocycles. The number of aromatic hydroxyl groups is 1. The van der Waals surface area contributed by atoms with Crippen LogP contribution in [0, 0.1) is 0 Å². The largest absolute Gasteiger partial charge is 0.508 e. The maximum atomic E-state index is 13.3. The van der Waals surface area contributed by atoms with Gasteiger partial charge in [0.2, 0.25) is 0 Å². The first kappa shape index (κ1) is 19.0. The normalized spacial score (nSPS) is 15.6. The van der Waals surface area contributed by atoms with Gasteiger partial charge in [0.15, 0.2) is 11.0 Å². The molecule has 1 saturated carbocycles. The van der Waals surface area contributed by atoms with Crippen LogP contribution >= 0.6 is 0 Å². The minimum absolute atomic E-state index is 0.131. The zero-order valence-corrected chi connectivity index (χ0v) is 17.5. The number of H-pyrrole nitrogens is 2. The van der Waals surface area contributed by atoms with Crippen LogP contribution in [0.4, 0.5) is 0 Å². The number of rotatable bonds is 2. The molecule has 1 aliphatic rings. The smallest absolute Gasteiger partial charge is 0.274 e. The van der Waals surface area contributed by atoms with Gasteiger partial charge in [-0.2, -0.15) is 0 Å². The molecule has 0 spiro atoms. The highest BCUT2D eigenvalue weighted by Gasteiger charge is 2.25. The molecule has 3 N–H and O–H groups in total. The second-order valence-corrected chi connectivity index (χ2v) is 8.69. The highest BCUT2D eigenvalue weighted by atomic mass is 16.3. The predicted octanol–water partition coefficient (Wildman–Crippen LogP) is 5.19. The lowest BCUT2D eigenvalue weighted by molar-refractivity contribution is 0.413. The van der Waals surface area contributed by atoms with E-state index in [0.717, 1.165) is 47.8 Å². The second-order valence-electron chi connectivity index (χ2n) is 8.69. The van der Waals surface area contributed by atoms with Crippen LogP contribution < -0.4 is 11.0 Å². The van der Waals surface area contributed by atoms with E-state index in [4.69, 9.17) is 4.42 Å². The number of benzene rings is 2. The van der Waals surface area contributed by atoms with E-state index in [2.05, 4.69) is 10.1 Å². The predicted molar refractivity (Wildman–Crippen MR) is 124 cm³/mol. The summed E-state index contributed by atoms with van der Waals surface area (Å²) in [5.41, 5.74) is 3.58. The molecular weight excluding hydrogens is 406 g/mol. The molecule has 5 aromatic rings. The Morgan fingerprint density at radius 2 is 1.72 bits per heavy atom. The molecule has 0 atom stereocenters. The summed E-state index contributed by atoms with van der Waals surface area (Å²) in [4.78, 5) is 28.7.